The van der Waals surface area contributed by atoms with Crippen molar-refractivity contribution < 1.29 is 14.2 Å². The van der Waals surface area contributed by atoms with Gasteiger partial charge in [0.05, 0.1) is 13.1 Å². The molecular formula is C27H25N2O2+. The van der Waals surface area contributed by atoms with E-state index in [1.807, 2.05) is 39.7 Å². The first kappa shape index (κ1) is 19.4. The summed E-state index contributed by atoms with van der Waals surface area (Å²) in [5.41, 5.74) is 3.30. The second kappa shape index (κ2) is 7.95. The van der Waals surface area contributed by atoms with Crippen molar-refractivity contribution in [2.45, 2.75) is 39.3 Å². The quantitative estimate of drug-likeness (QED) is 0.380. The molecule has 0 N–H and O–H groups in total. The number of imidazole rings is 1. The molecule has 0 fully saturated rings. The number of carbonyl (C=O) groups excluding carboxylic acids is 2. The van der Waals surface area contributed by atoms with Crippen LogP contribution in [0.2, 0.25) is 0 Å². The number of rotatable bonds is 6. The molecule has 0 radical (unpaired) electrons. The predicted molar refractivity (Wildman–Crippen MR) is 120 cm³/mol. The predicted octanol–water partition coefficient (Wildman–Crippen LogP) is 4.75. The summed E-state index contributed by atoms with van der Waals surface area (Å²) >= 11 is 0. The third kappa shape index (κ3) is 3.38. The zero-order valence-corrected chi connectivity index (χ0v) is 17.7. The molecule has 31 heavy (non-hydrogen) atoms. The van der Waals surface area contributed by atoms with E-state index >= 15 is 0 Å². The fourth-order valence-corrected chi connectivity index (χ4v) is 4.48. The Balaban J connectivity index is 1.52. The van der Waals surface area contributed by atoms with E-state index in [0.29, 0.717) is 29.1 Å². The van der Waals surface area contributed by atoms with E-state index in [-0.39, 0.29) is 11.6 Å². The van der Waals surface area contributed by atoms with Crippen molar-refractivity contribution in [1.29, 1.82) is 0 Å². The maximum atomic E-state index is 13.4. The summed E-state index contributed by atoms with van der Waals surface area (Å²) in [6.45, 7) is 3.52. The molecule has 0 saturated heterocycles. The van der Waals surface area contributed by atoms with Gasteiger partial charge in [0.25, 0.3) is 0 Å². The van der Waals surface area contributed by atoms with Crippen LogP contribution in [-0.4, -0.2) is 16.1 Å². The van der Waals surface area contributed by atoms with Crippen molar-refractivity contribution in [3.8, 4) is 0 Å². The number of carbonyl (C=O) groups is 2. The number of nitrogens with zero attached hydrogens (tertiary/aromatic N) is 2. The van der Waals surface area contributed by atoms with Gasteiger partial charge in [0, 0.05) is 17.5 Å². The molecule has 0 aliphatic heterocycles. The lowest BCUT2D eigenvalue weighted by molar-refractivity contribution is -0.698. The number of benzene rings is 3. The summed E-state index contributed by atoms with van der Waals surface area (Å²) in [7, 11) is 0. The van der Waals surface area contributed by atoms with Crippen LogP contribution in [0.5, 0.6) is 0 Å². The lowest BCUT2D eigenvalue weighted by atomic mass is 9.90. The molecule has 4 nitrogen and oxygen atoms in total. The monoisotopic (exact) mass is 409 g/mol. The molecule has 1 aromatic heterocycles. The van der Waals surface area contributed by atoms with Crippen molar-refractivity contribution in [1.82, 2.24) is 4.57 Å². The highest BCUT2D eigenvalue weighted by molar-refractivity contribution is 6.26. The van der Waals surface area contributed by atoms with Crippen molar-refractivity contribution >= 4 is 22.3 Å². The first-order valence-corrected chi connectivity index (χ1v) is 11.0. The van der Waals surface area contributed by atoms with Crippen LogP contribution in [0.15, 0.2) is 73.1 Å². The first-order valence-electron chi connectivity index (χ1n) is 11.0. The fraction of sp³-hybridized carbons (Fsp3) is 0.222. The molecule has 154 valence electrons. The number of aryl methyl sites for hydroxylation is 3. The molecule has 0 saturated carbocycles. The van der Waals surface area contributed by atoms with Gasteiger partial charge in [0.2, 0.25) is 29.3 Å². The second-order valence-electron chi connectivity index (χ2n) is 8.19. The standard InChI is InChI=1S/C27H25N2O2/c1-2-3-15-28-18-29(16-14-19-12-13-20-8-4-5-9-21(20)17-19)25-24(28)26(30)22-10-6-7-11-23(22)27(25)31/h4-13,17-18H,2-3,14-16H2,1H3/q+1. The SMILES string of the molecule is CCCC[n+]1cn(CCc2ccc3ccccc3c2)c2c1C(=O)c1ccccc1C2=O. The van der Waals surface area contributed by atoms with Crippen molar-refractivity contribution in [2.24, 2.45) is 0 Å². The number of fused-ring (bicyclic) bond motifs is 3. The van der Waals surface area contributed by atoms with E-state index in [1.54, 1.807) is 12.1 Å². The molecule has 0 atom stereocenters. The summed E-state index contributed by atoms with van der Waals surface area (Å²) < 4.78 is 3.96. The van der Waals surface area contributed by atoms with Gasteiger partial charge in [-0.2, -0.15) is 0 Å². The summed E-state index contributed by atoms with van der Waals surface area (Å²) in [5, 5.41) is 2.44. The summed E-state index contributed by atoms with van der Waals surface area (Å²) in [4.78, 5) is 26.6. The van der Waals surface area contributed by atoms with Crippen LogP contribution in [0.25, 0.3) is 10.8 Å². The van der Waals surface area contributed by atoms with Crippen molar-refractivity contribution in [3.63, 3.8) is 0 Å². The minimum absolute atomic E-state index is 0.0502. The molecule has 0 unspecified atom stereocenters. The summed E-state index contributed by atoms with van der Waals surface area (Å²) in [6.07, 6.45) is 4.75. The van der Waals surface area contributed by atoms with Crippen LogP contribution in [0.3, 0.4) is 0 Å². The van der Waals surface area contributed by atoms with Gasteiger partial charge in [-0.05, 0) is 22.8 Å². The molecule has 0 spiro atoms. The topological polar surface area (TPSA) is 43.0 Å². The van der Waals surface area contributed by atoms with Crippen LogP contribution in [0.4, 0.5) is 0 Å². The number of ketones is 2. The van der Waals surface area contributed by atoms with E-state index < -0.39 is 0 Å². The average Bonchev–Trinajstić information content (AvgIpc) is 3.18. The molecule has 1 aliphatic rings. The Labute approximate surface area is 181 Å². The Morgan fingerprint density at radius 2 is 1.55 bits per heavy atom. The van der Waals surface area contributed by atoms with Gasteiger partial charge in [0.1, 0.15) is 0 Å². The van der Waals surface area contributed by atoms with Crippen LogP contribution in [0.1, 0.15) is 57.4 Å². The zero-order valence-electron chi connectivity index (χ0n) is 17.7. The molecular weight excluding hydrogens is 384 g/mol. The minimum Gasteiger partial charge on any atom is -0.284 e. The van der Waals surface area contributed by atoms with E-state index in [0.717, 1.165) is 25.8 Å². The van der Waals surface area contributed by atoms with Gasteiger partial charge >= 0.3 is 0 Å². The lowest BCUT2D eigenvalue weighted by Crippen LogP contribution is -2.40. The molecule has 0 bridgehead atoms. The molecule has 5 rings (SSSR count). The Kier molecular flexibility index (Phi) is 4.99. The maximum Gasteiger partial charge on any atom is 0.244 e. The molecule has 4 heteroatoms. The summed E-state index contributed by atoms with van der Waals surface area (Å²) in [5.74, 6) is -0.107. The third-order valence-corrected chi connectivity index (χ3v) is 6.13. The fourth-order valence-electron chi connectivity index (χ4n) is 4.48. The van der Waals surface area contributed by atoms with Crippen LogP contribution in [0, 0.1) is 0 Å². The van der Waals surface area contributed by atoms with Gasteiger partial charge in [-0.25, -0.2) is 9.13 Å². The Morgan fingerprint density at radius 3 is 2.32 bits per heavy atom. The van der Waals surface area contributed by atoms with E-state index in [2.05, 4.69) is 37.3 Å². The molecule has 0 amide bonds. The maximum absolute atomic E-state index is 13.4. The second-order valence-corrected chi connectivity index (χ2v) is 8.19. The summed E-state index contributed by atoms with van der Waals surface area (Å²) in [6, 6.07) is 22.0. The number of aromatic nitrogens is 2. The lowest BCUT2D eigenvalue weighted by Gasteiger charge is -2.13. The Hall–Kier alpha value is -3.53. The minimum atomic E-state index is -0.0565. The van der Waals surface area contributed by atoms with Crippen LogP contribution in [-0.2, 0) is 19.5 Å². The van der Waals surface area contributed by atoms with Gasteiger partial charge < -0.3 is 0 Å². The average molecular weight is 410 g/mol. The van der Waals surface area contributed by atoms with Crippen molar-refractivity contribution in [3.05, 3.63) is 101 Å². The van der Waals surface area contributed by atoms with Crippen LogP contribution >= 0.6 is 0 Å². The van der Waals surface area contributed by atoms with Crippen molar-refractivity contribution in [2.75, 3.05) is 0 Å². The highest BCUT2D eigenvalue weighted by atomic mass is 16.1. The van der Waals surface area contributed by atoms with Crippen LogP contribution < -0.4 is 4.57 Å². The molecule has 1 heterocycles. The molecule has 4 aromatic rings. The van der Waals surface area contributed by atoms with Gasteiger partial charge in [-0.15, -0.1) is 0 Å². The highest BCUT2D eigenvalue weighted by Gasteiger charge is 2.40. The Morgan fingerprint density at radius 1 is 0.839 bits per heavy atom. The normalized spacial score (nSPS) is 12.8. The zero-order chi connectivity index (χ0) is 21.4. The smallest absolute Gasteiger partial charge is 0.244 e. The van der Waals surface area contributed by atoms with E-state index in [4.69, 9.17) is 0 Å². The van der Waals surface area contributed by atoms with E-state index in [9.17, 15) is 9.59 Å². The largest absolute Gasteiger partial charge is 0.284 e. The highest BCUT2D eigenvalue weighted by Crippen LogP contribution is 2.26. The number of hydrogen-bond donors (Lipinski definition) is 0. The van der Waals surface area contributed by atoms with Gasteiger partial charge in [-0.3, -0.25) is 9.59 Å². The molecule has 1 aliphatic carbocycles. The third-order valence-electron chi connectivity index (χ3n) is 6.13. The van der Waals surface area contributed by atoms with Gasteiger partial charge in [-0.1, -0.05) is 80.1 Å². The van der Waals surface area contributed by atoms with Gasteiger partial charge in [0.15, 0.2) is 0 Å². The Bertz CT molecular complexity index is 1320. The number of unbranched alkanes of at least 4 members (excludes halogenated alkanes) is 1. The number of hydrogen-bond acceptors (Lipinski definition) is 2. The van der Waals surface area contributed by atoms with E-state index in [1.165, 1.54) is 16.3 Å². The molecule has 3 aromatic carbocycles. The first-order chi connectivity index (χ1) is 15.2.